The molecule has 82 valence electrons. The van der Waals surface area contributed by atoms with Crippen LogP contribution in [0, 0.1) is 15.2 Å². The third-order valence-electron chi connectivity index (χ3n) is 1.87. The predicted molar refractivity (Wildman–Crippen MR) is 58.4 cm³/mol. The number of halogens is 3. The highest BCUT2D eigenvalue weighted by atomic mass is 127. The van der Waals surface area contributed by atoms with Crippen LogP contribution in [-0.4, -0.2) is 17.1 Å². The number of aliphatic carboxylic acids is 1. The highest BCUT2D eigenvalue weighted by molar-refractivity contribution is 14.1. The van der Waals surface area contributed by atoms with Gasteiger partial charge in [-0.25, -0.2) is 8.78 Å². The predicted octanol–water partition coefficient (Wildman–Crippen LogP) is 1.52. The van der Waals surface area contributed by atoms with E-state index in [0.717, 1.165) is 6.07 Å². The van der Waals surface area contributed by atoms with Gasteiger partial charge in [-0.3, -0.25) is 4.79 Å². The summed E-state index contributed by atoms with van der Waals surface area (Å²) in [6.45, 7) is 0. The van der Waals surface area contributed by atoms with Crippen LogP contribution in [0.3, 0.4) is 0 Å². The SMILES string of the molecule is NC(Cc1ccc(F)c(I)c1F)C(=O)O. The quantitative estimate of drug-likeness (QED) is 0.654. The Labute approximate surface area is 98.4 Å². The van der Waals surface area contributed by atoms with Crippen LogP contribution < -0.4 is 5.73 Å². The number of hydrogen-bond donors (Lipinski definition) is 2. The fourth-order valence-corrected chi connectivity index (χ4v) is 1.57. The molecule has 1 aromatic rings. The Morgan fingerprint density at radius 1 is 1.53 bits per heavy atom. The van der Waals surface area contributed by atoms with Crippen molar-refractivity contribution in [3.63, 3.8) is 0 Å². The van der Waals surface area contributed by atoms with Crippen LogP contribution in [-0.2, 0) is 11.2 Å². The van der Waals surface area contributed by atoms with Gasteiger partial charge < -0.3 is 10.8 Å². The molecule has 0 fully saturated rings. The molecule has 0 aliphatic heterocycles. The second-order valence-electron chi connectivity index (χ2n) is 2.98. The monoisotopic (exact) mass is 327 g/mol. The largest absolute Gasteiger partial charge is 0.480 e. The lowest BCUT2D eigenvalue weighted by Gasteiger charge is -2.08. The molecule has 0 amide bonds. The molecule has 0 spiro atoms. The van der Waals surface area contributed by atoms with Gasteiger partial charge in [0.05, 0.1) is 3.57 Å². The van der Waals surface area contributed by atoms with Gasteiger partial charge in [-0.05, 0) is 34.2 Å². The summed E-state index contributed by atoms with van der Waals surface area (Å²) in [6, 6.07) is 1.12. The van der Waals surface area contributed by atoms with Gasteiger partial charge in [-0.15, -0.1) is 0 Å². The number of hydrogen-bond acceptors (Lipinski definition) is 2. The molecule has 6 heteroatoms. The standard InChI is InChI=1S/C9H8F2INO2/c10-5-2-1-4(7(11)8(5)12)3-6(13)9(14)15/h1-2,6H,3,13H2,(H,14,15). The van der Waals surface area contributed by atoms with Crippen LogP contribution in [0.25, 0.3) is 0 Å². The van der Waals surface area contributed by atoms with E-state index >= 15 is 0 Å². The minimum Gasteiger partial charge on any atom is -0.480 e. The molecule has 0 aromatic heterocycles. The molecular formula is C9H8F2INO2. The topological polar surface area (TPSA) is 63.3 Å². The zero-order valence-electron chi connectivity index (χ0n) is 7.51. The number of carbonyl (C=O) groups is 1. The molecule has 1 atom stereocenters. The van der Waals surface area contributed by atoms with Gasteiger partial charge in [0, 0.05) is 6.42 Å². The molecule has 1 aromatic carbocycles. The lowest BCUT2D eigenvalue weighted by atomic mass is 10.1. The molecule has 3 N–H and O–H groups in total. The number of carboxylic acids is 1. The Hall–Kier alpha value is -0.760. The van der Waals surface area contributed by atoms with Crippen LogP contribution in [0.4, 0.5) is 8.78 Å². The average molecular weight is 327 g/mol. The second kappa shape index (κ2) is 4.84. The number of nitrogens with two attached hydrogens (primary N) is 1. The molecule has 0 heterocycles. The Morgan fingerprint density at radius 2 is 2.13 bits per heavy atom. The van der Waals surface area contributed by atoms with E-state index in [1.54, 1.807) is 0 Å². The van der Waals surface area contributed by atoms with Gasteiger partial charge >= 0.3 is 5.97 Å². The third kappa shape index (κ3) is 2.85. The summed E-state index contributed by atoms with van der Waals surface area (Å²) < 4.78 is 26.1. The summed E-state index contributed by atoms with van der Waals surface area (Å²) in [5, 5.41) is 8.53. The zero-order valence-corrected chi connectivity index (χ0v) is 9.66. The fourth-order valence-electron chi connectivity index (χ4n) is 1.05. The maximum Gasteiger partial charge on any atom is 0.320 e. The first-order valence-electron chi connectivity index (χ1n) is 4.04. The number of rotatable bonds is 3. The summed E-state index contributed by atoms with van der Waals surface area (Å²) in [7, 11) is 0. The maximum atomic E-state index is 13.4. The molecular weight excluding hydrogens is 319 g/mol. The van der Waals surface area contributed by atoms with Crippen LogP contribution in [0.15, 0.2) is 12.1 Å². The first-order valence-corrected chi connectivity index (χ1v) is 5.12. The van der Waals surface area contributed by atoms with E-state index in [0.29, 0.717) is 0 Å². The molecule has 3 nitrogen and oxygen atoms in total. The molecule has 1 unspecified atom stereocenters. The second-order valence-corrected chi connectivity index (χ2v) is 4.06. The summed E-state index contributed by atoms with van der Waals surface area (Å²) in [5.74, 6) is -2.62. The Bertz CT molecular complexity index is 398. The van der Waals surface area contributed by atoms with E-state index < -0.39 is 23.6 Å². The van der Waals surface area contributed by atoms with Crippen molar-refractivity contribution < 1.29 is 18.7 Å². The van der Waals surface area contributed by atoms with Crippen LogP contribution >= 0.6 is 22.6 Å². The molecule has 0 saturated heterocycles. The van der Waals surface area contributed by atoms with Gasteiger partial charge in [0.15, 0.2) is 0 Å². The van der Waals surface area contributed by atoms with Crippen molar-refractivity contribution >= 4 is 28.6 Å². The highest BCUT2D eigenvalue weighted by Gasteiger charge is 2.17. The first kappa shape index (κ1) is 12.3. The van der Waals surface area contributed by atoms with Crippen molar-refractivity contribution in [2.45, 2.75) is 12.5 Å². The number of benzene rings is 1. The lowest BCUT2D eigenvalue weighted by Crippen LogP contribution is -2.32. The van der Waals surface area contributed by atoms with Crippen LogP contribution in [0.2, 0.25) is 0 Å². The van der Waals surface area contributed by atoms with E-state index in [4.69, 9.17) is 10.8 Å². The van der Waals surface area contributed by atoms with Crippen molar-refractivity contribution in [2.24, 2.45) is 5.73 Å². The summed E-state index contributed by atoms with van der Waals surface area (Å²) in [4.78, 5) is 10.4. The average Bonchev–Trinajstić information content (AvgIpc) is 2.18. The van der Waals surface area contributed by atoms with E-state index in [2.05, 4.69) is 0 Å². The zero-order chi connectivity index (χ0) is 11.6. The van der Waals surface area contributed by atoms with Gasteiger partial charge in [-0.2, -0.15) is 0 Å². The smallest absolute Gasteiger partial charge is 0.320 e. The van der Waals surface area contributed by atoms with Crippen molar-refractivity contribution in [2.75, 3.05) is 0 Å². The van der Waals surface area contributed by atoms with Crippen molar-refractivity contribution in [3.8, 4) is 0 Å². The molecule has 0 aliphatic carbocycles. The Kier molecular flexibility index (Phi) is 3.97. The van der Waals surface area contributed by atoms with Crippen molar-refractivity contribution in [3.05, 3.63) is 32.9 Å². The van der Waals surface area contributed by atoms with Crippen molar-refractivity contribution in [1.82, 2.24) is 0 Å². The minimum atomic E-state index is -1.21. The maximum absolute atomic E-state index is 13.4. The van der Waals surface area contributed by atoms with Gasteiger partial charge in [0.1, 0.15) is 17.7 Å². The van der Waals surface area contributed by atoms with E-state index in [9.17, 15) is 13.6 Å². The van der Waals surface area contributed by atoms with E-state index in [1.807, 2.05) is 0 Å². The van der Waals surface area contributed by atoms with Crippen LogP contribution in [0.5, 0.6) is 0 Å². The fraction of sp³-hybridized carbons (Fsp3) is 0.222. The molecule has 0 saturated carbocycles. The molecule has 0 radical (unpaired) electrons. The molecule has 0 bridgehead atoms. The van der Waals surface area contributed by atoms with E-state index in [-0.39, 0.29) is 15.6 Å². The first-order chi connectivity index (χ1) is 6.93. The Morgan fingerprint density at radius 3 is 2.67 bits per heavy atom. The lowest BCUT2D eigenvalue weighted by molar-refractivity contribution is -0.138. The van der Waals surface area contributed by atoms with Gasteiger partial charge in [0.2, 0.25) is 0 Å². The normalized spacial score (nSPS) is 12.5. The van der Waals surface area contributed by atoms with Gasteiger partial charge in [-0.1, -0.05) is 6.07 Å². The van der Waals surface area contributed by atoms with Gasteiger partial charge in [0.25, 0.3) is 0 Å². The summed E-state index contributed by atoms with van der Waals surface area (Å²) in [5.41, 5.74) is 5.35. The number of carboxylic acid groups (broad SMARTS) is 1. The van der Waals surface area contributed by atoms with E-state index in [1.165, 1.54) is 28.7 Å². The third-order valence-corrected chi connectivity index (χ3v) is 2.86. The molecule has 15 heavy (non-hydrogen) atoms. The molecule has 0 aliphatic rings. The summed E-state index contributed by atoms with van der Waals surface area (Å²) >= 11 is 1.52. The highest BCUT2D eigenvalue weighted by Crippen LogP contribution is 2.19. The Balaban J connectivity index is 2.97. The van der Waals surface area contributed by atoms with Crippen molar-refractivity contribution in [1.29, 1.82) is 0 Å². The summed E-state index contributed by atoms with van der Waals surface area (Å²) in [6.07, 6.45) is -0.155. The molecule has 1 rings (SSSR count). The van der Waals surface area contributed by atoms with Crippen LogP contribution in [0.1, 0.15) is 5.56 Å². The minimum absolute atomic E-state index is 0.107.